The van der Waals surface area contributed by atoms with Crippen LogP contribution in [0, 0.1) is 0 Å². The van der Waals surface area contributed by atoms with Crippen LogP contribution < -0.4 is 56.5 Å². The molecule has 0 aromatic rings. The van der Waals surface area contributed by atoms with Gasteiger partial charge >= 0.3 is 75.7 Å². The van der Waals surface area contributed by atoms with Crippen molar-refractivity contribution in [1.29, 1.82) is 0 Å². The second-order valence-corrected chi connectivity index (χ2v) is 2.55. The number of allylic oxidation sites excluding steroid dienone is 2. The largest absolute Gasteiger partial charge is 1.00 e. The first-order valence-corrected chi connectivity index (χ1v) is 3.36. The molecular weight excluding hydrogens is 314 g/mol. The molecule has 0 heterocycles. The summed E-state index contributed by atoms with van der Waals surface area (Å²) >= 11 is 0. The number of halogens is 9. The Kier molecular flexibility index (Phi) is 6.97. The summed E-state index contributed by atoms with van der Waals surface area (Å²) in [6, 6.07) is -3.72. The Labute approximate surface area is 135 Å². The van der Waals surface area contributed by atoms with E-state index in [4.69, 9.17) is 0 Å². The van der Waals surface area contributed by atoms with E-state index in [0.29, 0.717) is 0 Å². The van der Waals surface area contributed by atoms with Crippen LogP contribution in [0.5, 0.6) is 0 Å². The van der Waals surface area contributed by atoms with Gasteiger partial charge in [-0.15, -0.1) is 0 Å². The summed E-state index contributed by atoms with van der Waals surface area (Å²) in [5.74, 6) is -10.5. The molecule has 0 saturated heterocycles. The first-order valence-electron chi connectivity index (χ1n) is 3.36. The van der Waals surface area contributed by atoms with Crippen molar-refractivity contribution in [3.05, 3.63) is 11.3 Å². The molecule has 0 atom stereocenters. The molecule has 0 aromatic carbocycles. The standard InChI is InChI=1S/C6HF9O2.K/c7-3(17)1(5(10,11)12)2(16)4(8,9)6(13,14)15;/h16H;/q;+1/p-1/b2-1+;. The van der Waals surface area contributed by atoms with Gasteiger partial charge in [-0.25, -0.2) is 0 Å². The van der Waals surface area contributed by atoms with E-state index in [2.05, 4.69) is 0 Å². The summed E-state index contributed by atoms with van der Waals surface area (Å²) in [4.78, 5) is 9.66. The summed E-state index contributed by atoms with van der Waals surface area (Å²) < 4.78 is 106. The molecule has 0 N–H and O–H groups in total. The smallest absolute Gasteiger partial charge is 0.871 e. The van der Waals surface area contributed by atoms with Gasteiger partial charge < -0.3 is 5.11 Å². The summed E-state index contributed by atoms with van der Waals surface area (Å²) in [5.41, 5.74) is -3.71. The van der Waals surface area contributed by atoms with Crippen LogP contribution in [0.15, 0.2) is 11.3 Å². The number of hydrogen-bond acceptors (Lipinski definition) is 2. The van der Waals surface area contributed by atoms with Crippen LogP contribution in [0.1, 0.15) is 0 Å². The molecule has 12 heteroatoms. The summed E-state index contributed by atoms with van der Waals surface area (Å²) in [5, 5.41) is 10.2. The molecule has 0 aromatic heterocycles. The topological polar surface area (TPSA) is 40.1 Å². The molecule has 100 valence electrons. The maximum absolute atomic E-state index is 12.2. The van der Waals surface area contributed by atoms with E-state index in [-0.39, 0.29) is 51.4 Å². The first-order chi connectivity index (χ1) is 7.23. The van der Waals surface area contributed by atoms with Gasteiger partial charge in [0.15, 0.2) is 0 Å². The van der Waals surface area contributed by atoms with Crippen LogP contribution in [-0.4, -0.2) is 24.3 Å². The van der Waals surface area contributed by atoms with Gasteiger partial charge in [-0.2, -0.15) is 39.5 Å². The van der Waals surface area contributed by atoms with Gasteiger partial charge in [0.2, 0.25) is 0 Å². The zero-order valence-electron chi connectivity index (χ0n) is 8.22. The molecular formula is C6F9KO2. The number of rotatable bonds is 2. The minimum atomic E-state index is -6.67. The van der Waals surface area contributed by atoms with E-state index < -0.39 is 35.6 Å². The van der Waals surface area contributed by atoms with E-state index in [1.807, 2.05) is 0 Å². The molecule has 0 fully saturated rings. The number of carbonyl (C=O) groups is 1. The fourth-order valence-electron chi connectivity index (χ4n) is 0.615. The van der Waals surface area contributed by atoms with Crippen molar-refractivity contribution in [1.82, 2.24) is 0 Å². The molecule has 2 nitrogen and oxygen atoms in total. The molecule has 0 amide bonds. The molecule has 0 bridgehead atoms. The predicted octanol–water partition coefficient (Wildman–Crippen LogP) is -1.14. The normalized spacial score (nSPS) is 14.7. The third-order valence-corrected chi connectivity index (χ3v) is 1.35. The van der Waals surface area contributed by atoms with Crippen LogP contribution in [0.25, 0.3) is 0 Å². The molecule has 0 unspecified atom stereocenters. The Bertz CT molecular complexity index is 353. The van der Waals surface area contributed by atoms with E-state index >= 15 is 0 Å². The van der Waals surface area contributed by atoms with E-state index in [1.54, 1.807) is 0 Å². The summed E-state index contributed by atoms with van der Waals surface area (Å²) in [6.07, 6.45) is -12.9. The SMILES string of the molecule is O=C(F)/C(=C(\[O-])C(F)(F)C(F)(F)F)C(F)(F)F.[K+]. The van der Waals surface area contributed by atoms with Crippen molar-refractivity contribution in [2.24, 2.45) is 0 Å². The van der Waals surface area contributed by atoms with Crippen LogP contribution in [0.2, 0.25) is 0 Å². The van der Waals surface area contributed by atoms with E-state index in [9.17, 15) is 49.4 Å². The summed E-state index contributed by atoms with van der Waals surface area (Å²) in [6.45, 7) is 0. The van der Waals surface area contributed by atoms with Gasteiger partial charge in [0.25, 0.3) is 0 Å². The Morgan fingerprint density at radius 2 is 1.22 bits per heavy atom. The third-order valence-electron chi connectivity index (χ3n) is 1.35. The average molecular weight is 314 g/mol. The van der Waals surface area contributed by atoms with Crippen molar-refractivity contribution >= 4 is 6.04 Å². The van der Waals surface area contributed by atoms with Gasteiger partial charge in [-0.1, -0.05) is 0 Å². The second-order valence-electron chi connectivity index (χ2n) is 2.55. The van der Waals surface area contributed by atoms with Crippen molar-refractivity contribution in [2.45, 2.75) is 18.3 Å². The zero-order chi connectivity index (χ0) is 14.2. The van der Waals surface area contributed by atoms with Crippen LogP contribution in [0.3, 0.4) is 0 Å². The average Bonchev–Trinajstić information content (AvgIpc) is 1.97. The Hall–Kier alpha value is 0.216. The summed E-state index contributed by atoms with van der Waals surface area (Å²) in [7, 11) is 0. The Balaban J connectivity index is 0. The second kappa shape index (κ2) is 6.11. The fraction of sp³-hybridized carbons (Fsp3) is 0.500. The Morgan fingerprint density at radius 3 is 1.39 bits per heavy atom. The van der Waals surface area contributed by atoms with Gasteiger partial charge in [0, 0.05) is 0 Å². The van der Waals surface area contributed by atoms with Crippen molar-refractivity contribution in [2.75, 3.05) is 0 Å². The monoisotopic (exact) mass is 314 g/mol. The minimum absolute atomic E-state index is 0. The predicted molar refractivity (Wildman–Crippen MR) is 30.2 cm³/mol. The quantitative estimate of drug-likeness (QED) is 0.213. The van der Waals surface area contributed by atoms with Crippen LogP contribution >= 0.6 is 0 Å². The Morgan fingerprint density at radius 1 is 0.889 bits per heavy atom. The molecule has 0 spiro atoms. The molecule has 0 rings (SSSR count). The van der Waals surface area contributed by atoms with Crippen molar-refractivity contribution in [3.63, 3.8) is 0 Å². The maximum Gasteiger partial charge on any atom is 1.00 e. The first kappa shape index (κ1) is 20.5. The zero-order valence-corrected chi connectivity index (χ0v) is 11.3. The molecule has 0 radical (unpaired) electrons. The molecule has 18 heavy (non-hydrogen) atoms. The number of alkyl halides is 8. The fourth-order valence-corrected chi connectivity index (χ4v) is 0.615. The van der Waals surface area contributed by atoms with Crippen molar-refractivity contribution in [3.8, 4) is 0 Å². The van der Waals surface area contributed by atoms with Gasteiger partial charge in [-0.3, -0.25) is 4.79 Å². The molecule has 0 aliphatic heterocycles. The third kappa shape index (κ3) is 4.40. The van der Waals surface area contributed by atoms with Crippen LogP contribution in [-0.2, 0) is 4.79 Å². The number of hydrogen-bond donors (Lipinski definition) is 0. The van der Waals surface area contributed by atoms with Gasteiger partial charge in [0.05, 0.1) is 0 Å². The van der Waals surface area contributed by atoms with Gasteiger partial charge in [0.1, 0.15) is 5.57 Å². The molecule has 0 aliphatic carbocycles. The van der Waals surface area contributed by atoms with Crippen molar-refractivity contribution < 1.29 is 101 Å². The van der Waals surface area contributed by atoms with E-state index in [1.165, 1.54) is 0 Å². The molecule has 0 saturated carbocycles. The van der Waals surface area contributed by atoms with Crippen LogP contribution in [0.4, 0.5) is 39.5 Å². The van der Waals surface area contributed by atoms with E-state index in [0.717, 1.165) is 0 Å². The van der Waals surface area contributed by atoms with Gasteiger partial charge in [-0.05, 0) is 5.76 Å². The minimum Gasteiger partial charge on any atom is -0.871 e. The number of carbonyl (C=O) groups excluding carboxylic acids is 1. The molecule has 0 aliphatic rings. The maximum atomic E-state index is 12.2.